The highest BCUT2D eigenvalue weighted by atomic mass is 16.1. The summed E-state index contributed by atoms with van der Waals surface area (Å²) < 4.78 is 3.80. The fraction of sp³-hybridized carbons (Fsp3) is 0.526. The number of likely N-dealkylation sites (tertiary alicyclic amines) is 1. The SMILES string of the molecule is Cn1c([C@H]2CCCN2Cc2cc(=O)n3[nH]ccc3n2)nc2c1CCCC2. The molecule has 5 rings (SSSR count). The maximum Gasteiger partial charge on any atom is 0.272 e. The van der Waals surface area contributed by atoms with Crippen LogP contribution in [0, 0.1) is 0 Å². The molecule has 1 N–H and O–H groups in total. The smallest absolute Gasteiger partial charge is 0.272 e. The topological polar surface area (TPSA) is 71.2 Å². The van der Waals surface area contributed by atoms with E-state index in [1.807, 2.05) is 6.07 Å². The van der Waals surface area contributed by atoms with Crippen LogP contribution < -0.4 is 5.56 Å². The second-order valence-corrected chi connectivity index (χ2v) is 7.50. The van der Waals surface area contributed by atoms with Crippen molar-refractivity contribution in [1.29, 1.82) is 0 Å². The van der Waals surface area contributed by atoms with Gasteiger partial charge < -0.3 is 4.57 Å². The van der Waals surface area contributed by atoms with E-state index in [1.165, 1.54) is 34.6 Å². The quantitative estimate of drug-likeness (QED) is 0.782. The molecule has 2 aliphatic rings. The molecule has 1 atom stereocenters. The predicted octanol–water partition coefficient (Wildman–Crippen LogP) is 1.97. The first-order chi connectivity index (χ1) is 12.7. The van der Waals surface area contributed by atoms with E-state index in [4.69, 9.17) is 4.98 Å². The van der Waals surface area contributed by atoms with Gasteiger partial charge in [0.1, 0.15) is 5.82 Å². The van der Waals surface area contributed by atoms with Gasteiger partial charge in [0, 0.05) is 37.6 Å². The number of aromatic nitrogens is 5. The van der Waals surface area contributed by atoms with Crippen LogP contribution in [0.2, 0.25) is 0 Å². The van der Waals surface area contributed by atoms with Crippen molar-refractivity contribution in [1.82, 2.24) is 29.0 Å². The van der Waals surface area contributed by atoms with Crippen LogP contribution >= 0.6 is 0 Å². The lowest BCUT2D eigenvalue weighted by Gasteiger charge is -2.24. The van der Waals surface area contributed by atoms with Gasteiger partial charge in [-0.15, -0.1) is 0 Å². The maximum absolute atomic E-state index is 12.2. The fourth-order valence-corrected chi connectivity index (χ4v) is 4.58. The van der Waals surface area contributed by atoms with Crippen LogP contribution in [-0.2, 0) is 26.4 Å². The molecule has 1 fully saturated rings. The lowest BCUT2D eigenvalue weighted by molar-refractivity contribution is 0.233. The molecule has 0 amide bonds. The average Bonchev–Trinajstić information content (AvgIpc) is 3.35. The standard InChI is InChI=1S/C19H24N6O/c1-23-15-6-3-2-5-14(15)22-19(23)16-7-4-10-24(16)12-13-11-18(26)25-17(21-13)8-9-20-25/h8-9,11,16,20H,2-7,10,12H2,1H3/t16-/m1/s1. The second kappa shape index (κ2) is 6.09. The molecule has 0 saturated carbocycles. The van der Waals surface area contributed by atoms with Gasteiger partial charge >= 0.3 is 0 Å². The third kappa shape index (κ3) is 2.49. The van der Waals surface area contributed by atoms with Crippen LogP contribution in [0.1, 0.15) is 54.6 Å². The first kappa shape index (κ1) is 15.8. The molecule has 4 heterocycles. The summed E-state index contributed by atoms with van der Waals surface area (Å²) >= 11 is 0. The zero-order valence-electron chi connectivity index (χ0n) is 15.1. The van der Waals surface area contributed by atoms with E-state index < -0.39 is 0 Å². The molecule has 7 heteroatoms. The summed E-state index contributed by atoms with van der Waals surface area (Å²) in [6.45, 7) is 1.72. The van der Waals surface area contributed by atoms with E-state index in [0.29, 0.717) is 18.2 Å². The molecule has 1 aliphatic heterocycles. The Hall–Kier alpha value is -2.41. The molecule has 7 nitrogen and oxygen atoms in total. The van der Waals surface area contributed by atoms with Gasteiger partial charge in [-0.3, -0.25) is 14.8 Å². The van der Waals surface area contributed by atoms with E-state index in [2.05, 4.69) is 26.6 Å². The molecule has 3 aromatic heterocycles. The van der Waals surface area contributed by atoms with Crippen molar-refractivity contribution in [2.24, 2.45) is 7.05 Å². The summed E-state index contributed by atoms with van der Waals surface area (Å²) in [7, 11) is 2.17. The zero-order valence-corrected chi connectivity index (χ0v) is 15.1. The molecule has 1 aliphatic carbocycles. The minimum absolute atomic E-state index is 0.0572. The molecule has 0 aromatic carbocycles. The Bertz CT molecular complexity index is 1010. The van der Waals surface area contributed by atoms with Crippen LogP contribution in [0.25, 0.3) is 5.65 Å². The van der Waals surface area contributed by atoms with E-state index in [0.717, 1.165) is 37.9 Å². The van der Waals surface area contributed by atoms with Gasteiger partial charge in [-0.2, -0.15) is 0 Å². The molecule has 0 radical (unpaired) electrons. The number of H-pyrrole nitrogens is 1. The highest BCUT2D eigenvalue weighted by molar-refractivity contribution is 5.36. The van der Waals surface area contributed by atoms with Gasteiger partial charge in [-0.1, -0.05) is 0 Å². The average molecular weight is 352 g/mol. The van der Waals surface area contributed by atoms with Crippen LogP contribution in [0.15, 0.2) is 23.1 Å². The predicted molar refractivity (Wildman–Crippen MR) is 98.0 cm³/mol. The number of imidazole rings is 1. The van der Waals surface area contributed by atoms with Gasteiger partial charge in [-0.25, -0.2) is 14.5 Å². The van der Waals surface area contributed by atoms with Crippen molar-refractivity contribution in [3.63, 3.8) is 0 Å². The number of hydrogen-bond acceptors (Lipinski definition) is 4. The summed E-state index contributed by atoms with van der Waals surface area (Å²) in [5, 5.41) is 2.89. The number of rotatable bonds is 3. The van der Waals surface area contributed by atoms with Crippen molar-refractivity contribution in [2.45, 2.75) is 51.1 Å². The molecule has 0 unspecified atom stereocenters. The van der Waals surface area contributed by atoms with Gasteiger partial charge in [0.2, 0.25) is 0 Å². The van der Waals surface area contributed by atoms with Crippen molar-refractivity contribution in [3.8, 4) is 0 Å². The fourth-order valence-electron chi connectivity index (χ4n) is 4.58. The largest absolute Gasteiger partial charge is 0.334 e. The van der Waals surface area contributed by atoms with Gasteiger partial charge in [-0.05, 0) is 45.1 Å². The number of aryl methyl sites for hydroxylation is 1. The van der Waals surface area contributed by atoms with Crippen LogP contribution in [0.5, 0.6) is 0 Å². The number of hydrogen-bond donors (Lipinski definition) is 1. The number of aromatic amines is 1. The van der Waals surface area contributed by atoms with E-state index >= 15 is 0 Å². The Morgan fingerprint density at radius 2 is 2.12 bits per heavy atom. The van der Waals surface area contributed by atoms with Crippen molar-refractivity contribution in [2.75, 3.05) is 6.54 Å². The molecule has 136 valence electrons. The van der Waals surface area contributed by atoms with E-state index in [1.54, 1.807) is 12.3 Å². The minimum Gasteiger partial charge on any atom is -0.334 e. The van der Waals surface area contributed by atoms with Gasteiger partial charge in [0.25, 0.3) is 5.56 Å². The number of nitrogens with one attached hydrogen (secondary N) is 1. The first-order valence-electron chi connectivity index (χ1n) is 9.55. The summed E-state index contributed by atoms with van der Waals surface area (Å²) in [5.41, 5.74) is 4.17. The normalized spacial score (nSPS) is 20.7. The molecule has 0 bridgehead atoms. The summed E-state index contributed by atoms with van der Waals surface area (Å²) in [4.78, 5) is 24.3. The second-order valence-electron chi connectivity index (χ2n) is 7.50. The Labute approximate surface area is 151 Å². The van der Waals surface area contributed by atoms with Crippen LogP contribution in [0.3, 0.4) is 0 Å². The first-order valence-corrected chi connectivity index (χ1v) is 9.55. The summed E-state index contributed by atoms with van der Waals surface area (Å²) in [5.74, 6) is 1.19. The van der Waals surface area contributed by atoms with Crippen molar-refractivity contribution < 1.29 is 0 Å². The number of fused-ring (bicyclic) bond motifs is 2. The highest BCUT2D eigenvalue weighted by Crippen LogP contribution is 2.34. The third-order valence-corrected chi connectivity index (χ3v) is 5.87. The van der Waals surface area contributed by atoms with Crippen molar-refractivity contribution >= 4 is 5.65 Å². The van der Waals surface area contributed by atoms with Gasteiger partial charge in [0.05, 0.1) is 17.4 Å². The monoisotopic (exact) mass is 352 g/mol. The molecule has 1 saturated heterocycles. The molecule has 26 heavy (non-hydrogen) atoms. The van der Waals surface area contributed by atoms with E-state index in [9.17, 15) is 4.79 Å². The Morgan fingerprint density at radius 3 is 3.00 bits per heavy atom. The molecule has 3 aromatic rings. The lowest BCUT2D eigenvalue weighted by atomic mass is 10.0. The Morgan fingerprint density at radius 1 is 1.23 bits per heavy atom. The minimum atomic E-state index is -0.0572. The lowest BCUT2D eigenvalue weighted by Crippen LogP contribution is -2.27. The Balaban J connectivity index is 1.45. The Kier molecular flexibility index (Phi) is 3.70. The molecular weight excluding hydrogens is 328 g/mol. The molecular formula is C19H24N6O. The zero-order chi connectivity index (χ0) is 17.7. The summed E-state index contributed by atoms with van der Waals surface area (Å²) in [6.07, 6.45) is 8.80. The summed E-state index contributed by atoms with van der Waals surface area (Å²) in [6, 6.07) is 3.79. The number of nitrogens with zero attached hydrogens (tertiary/aromatic N) is 5. The highest BCUT2D eigenvalue weighted by Gasteiger charge is 2.31. The van der Waals surface area contributed by atoms with Crippen molar-refractivity contribution in [3.05, 3.63) is 51.6 Å². The molecule has 0 spiro atoms. The van der Waals surface area contributed by atoms with Crippen LogP contribution in [0.4, 0.5) is 0 Å². The van der Waals surface area contributed by atoms with Gasteiger partial charge in [0.15, 0.2) is 5.65 Å². The van der Waals surface area contributed by atoms with Crippen LogP contribution in [-0.4, -0.2) is 35.6 Å². The van der Waals surface area contributed by atoms with E-state index in [-0.39, 0.29) is 5.56 Å². The maximum atomic E-state index is 12.2. The third-order valence-electron chi connectivity index (χ3n) is 5.87.